The molecule has 31 heavy (non-hydrogen) atoms. The van der Waals surface area contributed by atoms with Crippen molar-refractivity contribution in [2.75, 3.05) is 5.32 Å². The Labute approximate surface area is 181 Å². The number of thiophene rings is 1. The Hall–Kier alpha value is -3.17. The predicted octanol–water partition coefficient (Wildman–Crippen LogP) is 5.06. The summed E-state index contributed by atoms with van der Waals surface area (Å²) in [5, 5.41) is 3.09. The lowest BCUT2D eigenvalue weighted by atomic mass is 10.1. The molecule has 3 heterocycles. The number of amides is 1. The molecular weight excluding hydrogens is 422 g/mol. The Bertz CT molecular complexity index is 1270. The topological polar surface area (TPSA) is 94.0 Å². The van der Waals surface area contributed by atoms with E-state index in [4.69, 9.17) is 10.2 Å². The summed E-state index contributed by atoms with van der Waals surface area (Å²) in [7, 11) is 0. The van der Waals surface area contributed by atoms with Crippen molar-refractivity contribution in [3.63, 3.8) is 0 Å². The number of fused-ring (bicyclic) bond motifs is 1. The third-order valence-electron chi connectivity index (χ3n) is 5.04. The first kappa shape index (κ1) is 21.1. The largest absolute Gasteiger partial charge is 0.446 e. The second kappa shape index (κ2) is 8.52. The van der Waals surface area contributed by atoms with Crippen LogP contribution in [0.25, 0.3) is 10.9 Å². The molecule has 0 aliphatic carbocycles. The van der Waals surface area contributed by atoms with Gasteiger partial charge >= 0.3 is 0 Å². The lowest BCUT2D eigenvalue weighted by molar-refractivity contribution is 0.102. The van der Waals surface area contributed by atoms with E-state index >= 15 is 0 Å². The number of aromatic nitrogens is 2. The number of carbonyl (C=O) groups excluding carboxylic acids is 1. The van der Waals surface area contributed by atoms with E-state index in [9.17, 15) is 13.6 Å². The van der Waals surface area contributed by atoms with Crippen LogP contribution in [0.1, 0.15) is 44.8 Å². The van der Waals surface area contributed by atoms with Crippen molar-refractivity contribution in [1.29, 1.82) is 0 Å². The summed E-state index contributed by atoms with van der Waals surface area (Å²) in [5.41, 5.74) is 9.78. The van der Waals surface area contributed by atoms with Crippen LogP contribution in [0.4, 0.5) is 14.5 Å². The minimum atomic E-state index is -0.653. The zero-order valence-corrected chi connectivity index (χ0v) is 17.7. The number of anilines is 1. The summed E-state index contributed by atoms with van der Waals surface area (Å²) in [4.78, 5) is 21.4. The van der Waals surface area contributed by atoms with Crippen molar-refractivity contribution in [2.24, 2.45) is 5.73 Å². The molecule has 0 spiro atoms. The number of hydrogen-bond donors (Lipinski definition) is 2. The number of nitrogens with one attached hydrogen (secondary N) is 1. The SMILES string of the molecule is Cc1cc2cc(NC(=O)c3coc(C(N)CCc4sc(F)cc4F)n3)cnc2cc1C. The smallest absolute Gasteiger partial charge is 0.277 e. The van der Waals surface area contributed by atoms with E-state index in [1.165, 1.54) is 6.26 Å². The first-order valence-electron chi connectivity index (χ1n) is 9.63. The van der Waals surface area contributed by atoms with Crippen LogP contribution in [-0.2, 0) is 6.42 Å². The highest BCUT2D eigenvalue weighted by atomic mass is 32.1. The van der Waals surface area contributed by atoms with Gasteiger partial charge in [-0.3, -0.25) is 9.78 Å². The lowest BCUT2D eigenvalue weighted by Gasteiger charge is -2.07. The summed E-state index contributed by atoms with van der Waals surface area (Å²) >= 11 is 0.747. The molecule has 1 atom stereocenters. The van der Waals surface area contributed by atoms with Gasteiger partial charge < -0.3 is 15.5 Å². The number of oxazole rings is 1. The molecule has 0 saturated heterocycles. The minimum absolute atomic E-state index is 0.0685. The maximum Gasteiger partial charge on any atom is 0.277 e. The number of carbonyl (C=O) groups is 1. The molecule has 4 aromatic rings. The van der Waals surface area contributed by atoms with Gasteiger partial charge in [0, 0.05) is 16.3 Å². The third kappa shape index (κ3) is 4.62. The predicted molar refractivity (Wildman–Crippen MR) is 115 cm³/mol. The van der Waals surface area contributed by atoms with Crippen LogP contribution >= 0.6 is 11.3 Å². The Morgan fingerprint density at radius 1 is 1.23 bits per heavy atom. The van der Waals surface area contributed by atoms with Crippen LogP contribution in [0.3, 0.4) is 0 Å². The van der Waals surface area contributed by atoms with Crippen LogP contribution in [0, 0.1) is 24.8 Å². The fourth-order valence-electron chi connectivity index (χ4n) is 3.18. The highest BCUT2D eigenvalue weighted by molar-refractivity contribution is 7.10. The van der Waals surface area contributed by atoms with Gasteiger partial charge in [0.1, 0.15) is 12.1 Å². The van der Waals surface area contributed by atoms with Gasteiger partial charge in [-0.2, -0.15) is 4.39 Å². The van der Waals surface area contributed by atoms with Gasteiger partial charge in [-0.25, -0.2) is 9.37 Å². The van der Waals surface area contributed by atoms with E-state index in [0.717, 1.165) is 39.4 Å². The Balaban J connectivity index is 1.42. The van der Waals surface area contributed by atoms with Crippen molar-refractivity contribution in [2.45, 2.75) is 32.7 Å². The van der Waals surface area contributed by atoms with Gasteiger partial charge in [0.25, 0.3) is 5.91 Å². The van der Waals surface area contributed by atoms with Crippen LogP contribution < -0.4 is 11.1 Å². The molecule has 1 unspecified atom stereocenters. The molecule has 0 saturated carbocycles. The number of rotatable bonds is 6. The average molecular weight is 442 g/mol. The van der Waals surface area contributed by atoms with Crippen molar-refractivity contribution in [1.82, 2.24) is 9.97 Å². The molecule has 0 aliphatic heterocycles. The number of pyridine rings is 1. The average Bonchev–Trinajstić information content (AvgIpc) is 3.34. The first-order valence-corrected chi connectivity index (χ1v) is 10.4. The van der Waals surface area contributed by atoms with E-state index < -0.39 is 22.9 Å². The van der Waals surface area contributed by atoms with Crippen LogP contribution in [0.5, 0.6) is 0 Å². The first-order chi connectivity index (χ1) is 14.8. The molecule has 0 fully saturated rings. The molecule has 9 heteroatoms. The summed E-state index contributed by atoms with van der Waals surface area (Å²) in [6, 6.07) is 6.05. The van der Waals surface area contributed by atoms with E-state index in [1.807, 2.05) is 32.0 Å². The van der Waals surface area contributed by atoms with Crippen LogP contribution in [0.15, 0.2) is 41.1 Å². The van der Waals surface area contributed by atoms with Crippen LogP contribution in [-0.4, -0.2) is 15.9 Å². The second-order valence-electron chi connectivity index (χ2n) is 7.35. The van der Waals surface area contributed by atoms with Gasteiger partial charge in [0.05, 0.1) is 23.4 Å². The standard InChI is InChI=1S/C22H20F2N4O2S/c1-11-5-13-7-14(9-26-17(13)6-12(11)2)27-21(29)18-10-30-22(28-18)16(25)3-4-19-15(23)8-20(24)31-19/h5-10,16H,3-4,25H2,1-2H3,(H,27,29). The molecule has 3 aromatic heterocycles. The number of nitrogens with two attached hydrogens (primary N) is 1. The monoisotopic (exact) mass is 442 g/mol. The fraction of sp³-hybridized carbons (Fsp3) is 0.227. The number of halogens is 2. The number of nitrogens with zero attached hydrogens (tertiary/aromatic N) is 2. The summed E-state index contributed by atoms with van der Waals surface area (Å²) in [5.74, 6) is -0.889. The van der Waals surface area contributed by atoms with E-state index in [1.54, 1.807) is 6.20 Å². The zero-order chi connectivity index (χ0) is 22.1. The molecule has 0 aliphatic rings. The highest BCUT2D eigenvalue weighted by Crippen LogP contribution is 2.25. The second-order valence-corrected chi connectivity index (χ2v) is 8.43. The van der Waals surface area contributed by atoms with Gasteiger partial charge in [-0.1, -0.05) is 0 Å². The van der Waals surface area contributed by atoms with Crippen molar-refractivity contribution >= 4 is 33.8 Å². The number of hydrogen-bond acceptors (Lipinski definition) is 6. The quantitative estimate of drug-likeness (QED) is 0.435. The third-order valence-corrected chi connectivity index (χ3v) is 5.99. The van der Waals surface area contributed by atoms with Crippen molar-refractivity contribution in [3.05, 3.63) is 75.3 Å². The Morgan fingerprint density at radius 2 is 2.00 bits per heavy atom. The van der Waals surface area contributed by atoms with Crippen molar-refractivity contribution < 1.29 is 18.0 Å². The summed E-state index contributed by atoms with van der Waals surface area (Å²) in [6.45, 7) is 4.04. The molecule has 1 amide bonds. The zero-order valence-electron chi connectivity index (χ0n) is 16.9. The van der Waals surface area contributed by atoms with Gasteiger partial charge in [0.15, 0.2) is 10.8 Å². The van der Waals surface area contributed by atoms with Gasteiger partial charge in [-0.05, 0) is 56.0 Å². The molecule has 160 valence electrons. The molecule has 0 bridgehead atoms. The molecular formula is C22H20F2N4O2S. The van der Waals surface area contributed by atoms with Crippen LogP contribution in [0.2, 0.25) is 0 Å². The molecule has 1 aromatic carbocycles. The Kier molecular flexibility index (Phi) is 5.79. The number of aryl methyl sites for hydroxylation is 3. The fourth-order valence-corrected chi connectivity index (χ4v) is 3.95. The highest BCUT2D eigenvalue weighted by Gasteiger charge is 2.19. The Morgan fingerprint density at radius 3 is 2.74 bits per heavy atom. The maximum atomic E-state index is 13.6. The van der Waals surface area contributed by atoms with E-state index in [-0.39, 0.29) is 22.9 Å². The minimum Gasteiger partial charge on any atom is -0.446 e. The molecule has 0 radical (unpaired) electrons. The molecule has 6 nitrogen and oxygen atoms in total. The van der Waals surface area contributed by atoms with Gasteiger partial charge in [0.2, 0.25) is 5.89 Å². The molecule has 3 N–H and O–H groups in total. The molecule has 4 rings (SSSR count). The lowest BCUT2D eigenvalue weighted by Crippen LogP contribution is -2.15. The number of benzene rings is 1. The summed E-state index contributed by atoms with van der Waals surface area (Å²) < 4.78 is 32.0. The van der Waals surface area contributed by atoms with E-state index in [0.29, 0.717) is 12.1 Å². The summed E-state index contributed by atoms with van der Waals surface area (Å²) in [6.07, 6.45) is 3.34. The van der Waals surface area contributed by atoms with E-state index in [2.05, 4.69) is 15.3 Å². The van der Waals surface area contributed by atoms with Crippen molar-refractivity contribution in [3.8, 4) is 0 Å². The van der Waals surface area contributed by atoms with Gasteiger partial charge in [-0.15, -0.1) is 11.3 Å². The maximum absolute atomic E-state index is 13.6. The normalized spacial score (nSPS) is 12.3.